The average Bonchev–Trinajstić information content (AvgIpc) is 3.15. The van der Waals surface area contributed by atoms with Crippen LogP contribution in [0.25, 0.3) is 11.4 Å². The van der Waals surface area contributed by atoms with E-state index in [1.165, 1.54) is 26.4 Å². The Balaban J connectivity index is 1.81. The number of benzene rings is 2. The van der Waals surface area contributed by atoms with Crippen molar-refractivity contribution in [2.45, 2.75) is 12.7 Å². The highest BCUT2D eigenvalue weighted by atomic mass is 19.4. The lowest BCUT2D eigenvalue weighted by Crippen LogP contribution is -2.14. The van der Waals surface area contributed by atoms with Crippen LogP contribution in [0.3, 0.4) is 0 Å². The first-order valence-corrected chi connectivity index (χ1v) is 8.02. The number of methoxy groups -OCH3 is 2. The van der Waals surface area contributed by atoms with Crippen molar-refractivity contribution in [3.63, 3.8) is 0 Å². The van der Waals surface area contributed by atoms with Crippen molar-refractivity contribution in [3.8, 4) is 22.9 Å². The Morgan fingerprint density at radius 3 is 2.57 bits per heavy atom. The molecule has 0 radical (unpaired) electrons. The van der Waals surface area contributed by atoms with Gasteiger partial charge in [-0.3, -0.25) is 4.79 Å². The molecule has 0 saturated carbocycles. The van der Waals surface area contributed by atoms with Crippen molar-refractivity contribution in [2.75, 3.05) is 14.2 Å². The predicted octanol–water partition coefficient (Wildman–Crippen LogP) is 3.26. The van der Waals surface area contributed by atoms with Crippen LogP contribution in [0.5, 0.6) is 11.5 Å². The molecule has 3 rings (SSSR count). The highest BCUT2D eigenvalue weighted by molar-refractivity contribution is 5.98. The predicted molar refractivity (Wildman–Crippen MR) is 92.1 cm³/mol. The van der Waals surface area contributed by atoms with Crippen LogP contribution < -0.4 is 9.47 Å². The summed E-state index contributed by atoms with van der Waals surface area (Å²) in [6, 6.07) is 9.29. The third-order valence-electron chi connectivity index (χ3n) is 3.90. The van der Waals surface area contributed by atoms with E-state index >= 15 is 0 Å². The van der Waals surface area contributed by atoms with E-state index in [9.17, 15) is 18.0 Å². The number of hydrogen-bond acceptors (Lipinski definition) is 6. The van der Waals surface area contributed by atoms with E-state index in [0.29, 0.717) is 17.1 Å². The van der Waals surface area contributed by atoms with Crippen LogP contribution in [0, 0.1) is 0 Å². The molecule has 1 aromatic heterocycles. The zero-order valence-corrected chi connectivity index (χ0v) is 14.9. The van der Waals surface area contributed by atoms with Gasteiger partial charge in [-0.15, -0.1) is 10.2 Å². The van der Waals surface area contributed by atoms with E-state index in [1.807, 2.05) is 0 Å². The number of ketones is 1. The lowest BCUT2D eigenvalue weighted by molar-refractivity contribution is -0.137. The maximum absolute atomic E-state index is 12.8. The molecular weight excluding hydrogens is 377 g/mol. The Morgan fingerprint density at radius 2 is 1.89 bits per heavy atom. The van der Waals surface area contributed by atoms with Crippen molar-refractivity contribution < 1.29 is 27.4 Å². The maximum Gasteiger partial charge on any atom is 0.416 e. The van der Waals surface area contributed by atoms with E-state index < -0.39 is 11.7 Å². The number of tetrazole rings is 1. The summed E-state index contributed by atoms with van der Waals surface area (Å²) in [7, 11) is 2.91. The lowest BCUT2D eigenvalue weighted by Gasteiger charge is -2.09. The molecule has 0 amide bonds. The molecule has 7 nitrogen and oxygen atoms in total. The van der Waals surface area contributed by atoms with Gasteiger partial charge in [0.15, 0.2) is 5.78 Å². The van der Waals surface area contributed by atoms with Gasteiger partial charge >= 0.3 is 6.18 Å². The number of Topliss-reactive ketones (excluding diaryl/α,β-unsaturated/α-hetero) is 1. The molecule has 28 heavy (non-hydrogen) atoms. The minimum absolute atomic E-state index is 0.0133. The Bertz CT molecular complexity index is 1000. The SMILES string of the molecule is COc1ccc(C(=O)Cn2nnc(-c3cccc(C(F)(F)F)c3)n2)c(OC)c1. The molecule has 0 bridgehead atoms. The summed E-state index contributed by atoms with van der Waals surface area (Å²) in [4.78, 5) is 13.5. The van der Waals surface area contributed by atoms with E-state index in [2.05, 4.69) is 15.4 Å². The van der Waals surface area contributed by atoms with Gasteiger partial charge in [0.2, 0.25) is 5.82 Å². The van der Waals surface area contributed by atoms with Crippen LogP contribution in [0.4, 0.5) is 13.2 Å². The molecule has 146 valence electrons. The van der Waals surface area contributed by atoms with Crippen LogP contribution in [0.2, 0.25) is 0 Å². The van der Waals surface area contributed by atoms with Crippen LogP contribution in [-0.2, 0) is 12.7 Å². The van der Waals surface area contributed by atoms with Gasteiger partial charge in [0.05, 0.1) is 25.3 Å². The molecule has 0 saturated heterocycles. The Morgan fingerprint density at radius 1 is 1.11 bits per heavy atom. The number of nitrogens with zero attached hydrogens (tertiary/aromatic N) is 4. The summed E-state index contributed by atoms with van der Waals surface area (Å²) in [6.45, 7) is -0.255. The number of carbonyl (C=O) groups excluding carboxylic acids is 1. The molecule has 0 aliphatic rings. The fourth-order valence-corrected chi connectivity index (χ4v) is 2.50. The monoisotopic (exact) mass is 392 g/mol. The van der Waals surface area contributed by atoms with Crippen molar-refractivity contribution in [3.05, 3.63) is 53.6 Å². The minimum atomic E-state index is -4.48. The molecule has 0 aliphatic heterocycles. The molecule has 0 spiro atoms. The number of aromatic nitrogens is 4. The summed E-state index contributed by atoms with van der Waals surface area (Å²) < 4.78 is 48.8. The molecule has 10 heteroatoms. The number of halogens is 3. The first-order chi connectivity index (χ1) is 13.3. The van der Waals surface area contributed by atoms with Gasteiger partial charge in [-0.1, -0.05) is 12.1 Å². The summed E-state index contributed by atoms with van der Waals surface area (Å²) in [5.74, 6) is 0.481. The molecule has 0 aliphatic carbocycles. The van der Waals surface area contributed by atoms with Gasteiger partial charge in [-0.2, -0.15) is 18.0 Å². The van der Waals surface area contributed by atoms with Crippen molar-refractivity contribution in [2.24, 2.45) is 0 Å². The summed E-state index contributed by atoms with van der Waals surface area (Å²) in [5.41, 5.74) is -0.378. The molecule has 0 atom stereocenters. The Labute approximate surface area is 157 Å². The summed E-state index contributed by atoms with van der Waals surface area (Å²) in [6.07, 6.45) is -4.48. The fraction of sp³-hybridized carbons (Fsp3) is 0.222. The van der Waals surface area contributed by atoms with Crippen molar-refractivity contribution >= 4 is 5.78 Å². The van der Waals surface area contributed by atoms with Crippen LogP contribution >= 0.6 is 0 Å². The second-order valence-corrected chi connectivity index (χ2v) is 5.71. The summed E-state index contributed by atoms with van der Waals surface area (Å²) in [5, 5.41) is 11.5. The smallest absolute Gasteiger partial charge is 0.416 e. The van der Waals surface area contributed by atoms with Crippen LogP contribution in [0.1, 0.15) is 15.9 Å². The molecule has 0 fully saturated rings. The topological polar surface area (TPSA) is 79.1 Å². The van der Waals surface area contributed by atoms with Gasteiger partial charge < -0.3 is 9.47 Å². The minimum Gasteiger partial charge on any atom is -0.497 e. The second kappa shape index (κ2) is 7.67. The van der Waals surface area contributed by atoms with Gasteiger partial charge in [0.1, 0.15) is 18.0 Å². The average molecular weight is 392 g/mol. The third-order valence-corrected chi connectivity index (χ3v) is 3.90. The highest BCUT2D eigenvalue weighted by Gasteiger charge is 2.30. The molecule has 2 aromatic carbocycles. The number of ether oxygens (including phenoxy) is 2. The van der Waals surface area contributed by atoms with Crippen molar-refractivity contribution in [1.29, 1.82) is 0 Å². The Hall–Kier alpha value is -3.43. The molecule has 3 aromatic rings. The van der Waals surface area contributed by atoms with E-state index in [1.54, 1.807) is 18.2 Å². The fourth-order valence-electron chi connectivity index (χ4n) is 2.50. The number of rotatable bonds is 6. The third kappa shape index (κ3) is 4.11. The van der Waals surface area contributed by atoms with Crippen LogP contribution in [-0.4, -0.2) is 40.2 Å². The van der Waals surface area contributed by atoms with Crippen molar-refractivity contribution in [1.82, 2.24) is 20.2 Å². The zero-order valence-electron chi connectivity index (χ0n) is 14.9. The number of hydrogen-bond donors (Lipinski definition) is 0. The van der Waals surface area contributed by atoms with E-state index in [-0.39, 0.29) is 23.7 Å². The first-order valence-electron chi connectivity index (χ1n) is 8.02. The van der Waals surface area contributed by atoms with Crippen LogP contribution in [0.15, 0.2) is 42.5 Å². The number of carbonyl (C=O) groups is 1. The Kier molecular flexibility index (Phi) is 5.30. The lowest BCUT2D eigenvalue weighted by atomic mass is 10.1. The van der Waals surface area contributed by atoms with Gasteiger partial charge in [-0.25, -0.2) is 0 Å². The first kappa shape index (κ1) is 19.3. The van der Waals surface area contributed by atoms with Gasteiger partial charge in [0.25, 0.3) is 0 Å². The highest BCUT2D eigenvalue weighted by Crippen LogP contribution is 2.31. The second-order valence-electron chi connectivity index (χ2n) is 5.71. The molecule has 0 N–H and O–H groups in total. The van der Waals surface area contributed by atoms with E-state index in [4.69, 9.17) is 9.47 Å². The van der Waals surface area contributed by atoms with E-state index in [0.717, 1.165) is 16.9 Å². The standard InChI is InChI=1S/C18H15F3N4O3/c1-27-13-6-7-14(16(9-13)28-2)15(26)10-25-23-17(22-24-25)11-4-3-5-12(8-11)18(19,20)21/h3-9H,10H2,1-2H3. The maximum atomic E-state index is 12.8. The normalized spacial score (nSPS) is 11.3. The largest absolute Gasteiger partial charge is 0.497 e. The van der Waals surface area contributed by atoms with Gasteiger partial charge in [0, 0.05) is 11.6 Å². The zero-order chi connectivity index (χ0) is 20.3. The number of alkyl halides is 3. The molecule has 0 unspecified atom stereocenters. The van der Waals surface area contributed by atoms with Gasteiger partial charge in [-0.05, 0) is 29.5 Å². The quantitative estimate of drug-likeness (QED) is 0.599. The summed E-state index contributed by atoms with van der Waals surface area (Å²) >= 11 is 0. The molecular formula is C18H15F3N4O3. The molecule has 1 heterocycles.